The summed E-state index contributed by atoms with van der Waals surface area (Å²) in [5, 5.41) is 10.9. The Balaban J connectivity index is 0.00000116. The lowest BCUT2D eigenvalue weighted by molar-refractivity contribution is 1.35. The van der Waals surface area contributed by atoms with Crippen molar-refractivity contribution in [3.05, 3.63) is 71.3 Å². The van der Waals surface area contributed by atoms with Crippen molar-refractivity contribution in [3.8, 4) is 0 Å². The maximum absolute atomic E-state index is 7.59. The van der Waals surface area contributed by atoms with E-state index in [9.17, 15) is 0 Å². The van der Waals surface area contributed by atoms with Crippen molar-refractivity contribution in [1.82, 2.24) is 0 Å². The van der Waals surface area contributed by atoms with Crippen LogP contribution in [-0.2, 0) is 0 Å². The predicted molar refractivity (Wildman–Crippen MR) is 98.9 cm³/mol. The molecular formula is C20H26N2. The molecule has 0 heterocycles. The van der Waals surface area contributed by atoms with E-state index in [1.165, 1.54) is 11.1 Å². The first-order chi connectivity index (χ1) is 10.5. The molecule has 0 fully saturated rings. The number of benzene rings is 2. The second-order valence-corrected chi connectivity index (χ2v) is 5.12. The third-order valence-electron chi connectivity index (χ3n) is 3.32. The molecule has 0 amide bonds. The molecule has 2 nitrogen and oxygen atoms in total. The van der Waals surface area contributed by atoms with Gasteiger partial charge in [-0.25, -0.2) is 0 Å². The zero-order chi connectivity index (χ0) is 16.7. The van der Waals surface area contributed by atoms with Crippen molar-refractivity contribution in [3.63, 3.8) is 0 Å². The Morgan fingerprint density at radius 3 is 2.09 bits per heavy atom. The van der Waals surface area contributed by atoms with Crippen LogP contribution >= 0.6 is 0 Å². The summed E-state index contributed by atoms with van der Waals surface area (Å²) in [6.45, 7) is 14.1. The largest absolute Gasteiger partial charge is 0.356 e. The molecule has 22 heavy (non-hydrogen) atoms. The molecule has 0 atom stereocenters. The Morgan fingerprint density at radius 2 is 1.59 bits per heavy atom. The van der Waals surface area contributed by atoms with Gasteiger partial charge in [-0.05, 0) is 44.0 Å². The molecule has 0 unspecified atom stereocenters. The molecule has 0 saturated carbocycles. The minimum atomic E-state index is 0.574. The van der Waals surface area contributed by atoms with Gasteiger partial charge in [0.2, 0.25) is 0 Å². The van der Waals surface area contributed by atoms with Crippen LogP contribution in [0.4, 0.5) is 5.69 Å². The van der Waals surface area contributed by atoms with Gasteiger partial charge in [0.25, 0.3) is 0 Å². The summed E-state index contributed by atoms with van der Waals surface area (Å²) in [4.78, 5) is 0. The smallest absolute Gasteiger partial charge is 0.0387 e. The summed E-state index contributed by atoms with van der Waals surface area (Å²) in [5.74, 6) is 0. The van der Waals surface area contributed by atoms with Crippen LogP contribution in [0.25, 0.3) is 5.70 Å². The highest BCUT2D eigenvalue weighted by Gasteiger charge is 2.04. The molecule has 2 aromatic rings. The molecule has 2 N–H and O–H groups in total. The molecule has 0 spiro atoms. The molecular weight excluding hydrogens is 268 g/mol. The Labute approximate surface area is 134 Å². The molecule has 0 saturated heterocycles. The fourth-order valence-electron chi connectivity index (χ4n) is 2.20. The lowest BCUT2D eigenvalue weighted by atomic mass is 10.0. The molecule has 2 aromatic carbocycles. The molecule has 0 radical (unpaired) electrons. The Bertz CT molecular complexity index is 652. The Morgan fingerprint density at radius 1 is 1.00 bits per heavy atom. The van der Waals surface area contributed by atoms with Crippen LogP contribution in [0.5, 0.6) is 0 Å². The van der Waals surface area contributed by atoms with E-state index in [0.717, 1.165) is 22.5 Å². The summed E-state index contributed by atoms with van der Waals surface area (Å²) in [6.07, 6.45) is 0. The fraction of sp³-hybridized carbons (Fsp3) is 0.250. The molecule has 0 aliphatic carbocycles. The monoisotopic (exact) mass is 294 g/mol. The molecule has 0 bridgehead atoms. The van der Waals surface area contributed by atoms with Gasteiger partial charge < -0.3 is 10.7 Å². The van der Waals surface area contributed by atoms with Crippen LogP contribution in [0, 0.1) is 19.3 Å². The number of hydrogen-bond acceptors (Lipinski definition) is 2. The van der Waals surface area contributed by atoms with Crippen molar-refractivity contribution < 1.29 is 0 Å². The fourth-order valence-corrected chi connectivity index (χ4v) is 2.20. The van der Waals surface area contributed by atoms with Gasteiger partial charge in [0.15, 0.2) is 0 Å². The van der Waals surface area contributed by atoms with Crippen LogP contribution in [0.1, 0.15) is 43.0 Å². The van der Waals surface area contributed by atoms with Gasteiger partial charge in [0, 0.05) is 22.7 Å². The predicted octanol–water partition coefficient (Wildman–Crippen LogP) is 5.80. The van der Waals surface area contributed by atoms with Crippen LogP contribution in [0.2, 0.25) is 0 Å². The second-order valence-electron chi connectivity index (χ2n) is 5.12. The van der Waals surface area contributed by atoms with Gasteiger partial charge >= 0.3 is 0 Å². The minimum Gasteiger partial charge on any atom is -0.356 e. The lowest BCUT2D eigenvalue weighted by Crippen LogP contribution is -2.00. The third kappa shape index (κ3) is 4.59. The quantitative estimate of drug-likeness (QED) is 0.687. The molecule has 116 valence electrons. The third-order valence-corrected chi connectivity index (χ3v) is 3.32. The Hall–Kier alpha value is -2.35. The van der Waals surface area contributed by atoms with Gasteiger partial charge in [-0.15, -0.1) is 0 Å². The van der Waals surface area contributed by atoms with Crippen molar-refractivity contribution in [1.29, 1.82) is 5.41 Å². The highest BCUT2D eigenvalue weighted by atomic mass is 14.9. The summed E-state index contributed by atoms with van der Waals surface area (Å²) in [6, 6.07) is 14.2. The van der Waals surface area contributed by atoms with E-state index in [2.05, 4.69) is 43.9 Å². The van der Waals surface area contributed by atoms with Gasteiger partial charge in [0.05, 0.1) is 0 Å². The van der Waals surface area contributed by atoms with Crippen LogP contribution in [0.15, 0.2) is 49.0 Å². The van der Waals surface area contributed by atoms with Gasteiger partial charge in [-0.3, -0.25) is 0 Å². The van der Waals surface area contributed by atoms with E-state index in [0.29, 0.717) is 5.71 Å². The molecule has 2 heteroatoms. The normalized spacial score (nSPS) is 9.50. The first-order valence-electron chi connectivity index (χ1n) is 7.66. The van der Waals surface area contributed by atoms with Crippen molar-refractivity contribution in [2.24, 2.45) is 0 Å². The van der Waals surface area contributed by atoms with E-state index in [1.54, 1.807) is 6.92 Å². The van der Waals surface area contributed by atoms with Crippen LogP contribution in [-0.4, -0.2) is 5.71 Å². The number of anilines is 1. The highest BCUT2D eigenvalue weighted by Crippen LogP contribution is 2.21. The number of aryl methyl sites for hydroxylation is 2. The second kappa shape index (κ2) is 8.18. The van der Waals surface area contributed by atoms with E-state index >= 15 is 0 Å². The number of hydrogen-bond donors (Lipinski definition) is 2. The SMILES string of the molecule is C=C(Nc1ccc(C(C)=N)cc1)c1ccc(C)cc1C.CC. The van der Waals surface area contributed by atoms with Gasteiger partial charge in [-0.1, -0.05) is 56.3 Å². The van der Waals surface area contributed by atoms with Crippen molar-refractivity contribution in [2.75, 3.05) is 5.32 Å². The van der Waals surface area contributed by atoms with E-state index in [4.69, 9.17) is 5.41 Å². The molecule has 0 aromatic heterocycles. The molecule has 0 aliphatic heterocycles. The maximum atomic E-state index is 7.59. The minimum absolute atomic E-state index is 0.574. The number of nitrogens with one attached hydrogen (secondary N) is 2. The number of rotatable bonds is 4. The standard InChI is InChI=1S/C18H20N2.C2H6/c1-12-5-10-18(13(2)11-12)15(4)20-17-8-6-16(7-9-17)14(3)19;1-2/h5-11,19-20H,4H2,1-3H3;1-2H3. The molecule has 2 rings (SSSR count). The molecule has 0 aliphatic rings. The zero-order valence-corrected chi connectivity index (χ0v) is 14.2. The summed E-state index contributed by atoms with van der Waals surface area (Å²) in [7, 11) is 0. The van der Waals surface area contributed by atoms with Crippen LogP contribution < -0.4 is 5.32 Å². The van der Waals surface area contributed by atoms with E-state index in [-0.39, 0.29) is 0 Å². The topological polar surface area (TPSA) is 35.9 Å². The first kappa shape index (κ1) is 17.7. The van der Waals surface area contributed by atoms with Gasteiger partial charge in [-0.2, -0.15) is 0 Å². The summed E-state index contributed by atoms with van der Waals surface area (Å²) < 4.78 is 0. The Kier molecular flexibility index (Phi) is 6.58. The van der Waals surface area contributed by atoms with E-state index in [1.807, 2.05) is 38.1 Å². The lowest BCUT2D eigenvalue weighted by Gasteiger charge is -2.13. The zero-order valence-electron chi connectivity index (χ0n) is 14.2. The average Bonchev–Trinajstić information content (AvgIpc) is 2.49. The summed E-state index contributed by atoms with van der Waals surface area (Å²) in [5.41, 5.74) is 6.99. The van der Waals surface area contributed by atoms with Crippen molar-refractivity contribution >= 4 is 17.1 Å². The van der Waals surface area contributed by atoms with E-state index < -0.39 is 0 Å². The first-order valence-corrected chi connectivity index (χ1v) is 7.66. The highest BCUT2D eigenvalue weighted by molar-refractivity contribution is 5.96. The van der Waals surface area contributed by atoms with Crippen LogP contribution in [0.3, 0.4) is 0 Å². The van der Waals surface area contributed by atoms with Gasteiger partial charge in [0.1, 0.15) is 0 Å². The average molecular weight is 294 g/mol. The summed E-state index contributed by atoms with van der Waals surface area (Å²) >= 11 is 0. The maximum Gasteiger partial charge on any atom is 0.0387 e. The van der Waals surface area contributed by atoms with Crippen molar-refractivity contribution in [2.45, 2.75) is 34.6 Å².